The number of piperidine rings is 1. The molecule has 0 radical (unpaired) electrons. The lowest BCUT2D eigenvalue weighted by atomic mass is 9.91. The van der Waals surface area contributed by atoms with E-state index in [1.54, 1.807) is 46.8 Å². The average molecular weight is 955 g/mol. The highest BCUT2D eigenvalue weighted by atomic mass is 16.5. The van der Waals surface area contributed by atoms with Gasteiger partial charge in [-0.3, -0.25) is 38.4 Å². The predicted molar refractivity (Wildman–Crippen MR) is 248 cm³/mol. The maximum absolute atomic E-state index is 14.9. The number of carbonyl (C=O) groups is 9. The molecular formula is C48H74N8O12. The summed E-state index contributed by atoms with van der Waals surface area (Å²) in [6.45, 7) is 13.9. The molecule has 1 aromatic carbocycles. The second-order valence-corrected chi connectivity index (χ2v) is 19.3. The van der Waals surface area contributed by atoms with E-state index in [-0.39, 0.29) is 63.2 Å². The number of aromatic hydroxyl groups is 1. The molecule has 12 atom stereocenters. The third kappa shape index (κ3) is 13.5. The standard InChI is InChI=1S/C48H74N8O12/c1-10-13-36(59)50-31(18-20-35(49)58)45(64)55-24-28(8)41-40(55)44(63)52-33(22-25(4)5)42(61)51-32-19-21-37(60)56(46(32)65)39(27(7)12-3)47(66)54(9)34(23-29-14-16-30(57)17-15-29)43(62)53-38(26(6)11-2)48(67)68-41/h14-17,25-28,31-34,37-41,57,60H,10-13,18-24H2,1-9H3,(H2,49,58)(H,50,59)(H,51,61)(H,52,63)(H,53,62)/t26-,27-,28?,31-,32?,33-,34?,37?,38-,39+,40?,41?/m0/s1. The van der Waals surface area contributed by atoms with E-state index in [0.717, 1.165) is 9.80 Å². The maximum atomic E-state index is 14.9. The zero-order valence-corrected chi connectivity index (χ0v) is 41.0. The minimum atomic E-state index is -1.59. The molecule has 0 aromatic heterocycles. The van der Waals surface area contributed by atoms with Crippen LogP contribution in [0.2, 0.25) is 0 Å². The molecule has 20 heteroatoms. The monoisotopic (exact) mass is 955 g/mol. The van der Waals surface area contributed by atoms with Gasteiger partial charge in [0, 0.05) is 38.8 Å². The Hall–Kier alpha value is -5.79. The van der Waals surface area contributed by atoms with Gasteiger partial charge in [-0.2, -0.15) is 0 Å². The number of primary amides is 1. The molecule has 378 valence electrons. The van der Waals surface area contributed by atoms with Crippen LogP contribution < -0.4 is 27.0 Å². The highest BCUT2D eigenvalue weighted by Crippen LogP contribution is 2.31. The quantitative estimate of drug-likeness (QED) is 0.121. The lowest BCUT2D eigenvalue weighted by molar-refractivity contribution is -0.168. The molecule has 2 bridgehead atoms. The lowest BCUT2D eigenvalue weighted by Gasteiger charge is -2.44. The Bertz CT molecular complexity index is 2000. The highest BCUT2D eigenvalue weighted by molar-refractivity contribution is 5.99. The van der Waals surface area contributed by atoms with Gasteiger partial charge < -0.3 is 56.7 Å². The van der Waals surface area contributed by atoms with Crippen LogP contribution in [0.25, 0.3) is 0 Å². The van der Waals surface area contributed by atoms with Gasteiger partial charge in [0.25, 0.3) is 0 Å². The number of hydrogen-bond donors (Lipinski definition) is 7. The molecule has 3 aliphatic rings. The van der Waals surface area contributed by atoms with Gasteiger partial charge in [-0.15, -0.1) is 0 Å². The molecule has 3 aliphatic heterocycles. The molecular weight excluding hydrogens is 881 g/mol. The molecule has 3 saturated heterocycles. The van der Waals surface area contributed by atoms with Crippen molar-refractivity contribution in [3.8, 4) is 5.75 Å². The Kier molecular flexibility index (Phi) is 19.7. The van der Waals surface area contributed by atoms with Gasteiger partial charge in [0.15, 0.2) is 0 Å². The number of phenolic OH excluding ortho intramolecular Hbond substituents is 1. The number of nitrogens with two attached hydrogens (primary N) is 1. The number of hydrogen-bond acceptors (Lipinski definition) is 12. The molecule has 4 rings (SSSR count). The second-order valence-electron chi connectivity index (χ2n) is 19.3. The van der Waals surface area contributed by atoms with Crippen molar-refractivity contribution in [2.45, 2.75) is 174 Å². The van der Waals surface area contributed by atoms with Crippen molar-refractivity contribution in [2.24, 2.45) is 29.4 Å². The molecule has 0 aliphatic carbocycles. The van der Waals surface area contributed by atoms with Crippen molar-refractivity contribution < 1.29 is 58.1 Å². The number of rotatable bonds is 15. The van der Waals surface area contributed by atoms with E-state index in [2.05, 4.69) is 21.3 Å². The lowest BCUT2D eigenvalue weighted by Crippen LogP contribution is -2.66. The van der Waals surface area contributed by atoms with E-state index in [1.807, 2.05) is 20.8 Å². The number of aliphatic hydroxyl groups excluding tert-OH is 1. The van der Waals surface area contributed by atoms with Crippen LogP contribution in [0.5, 0.6) is 5.75 Å². The fraction of sp³-hybridized carbons (Fsp3) is 0.688. The molecule has 68 heavy (non-hydrogen) atoms. The Balaban J connectivity index is 1.93. The number of phenols is 1. The summed E-state index contributed by atoms with van der Waals surface area (Å²) >= 11 is 0. The summed E-state index contributed by atoms with van der Waals surface area (Å²) in [5, 5.41) is 32.5. The first kappa shape index (κ1) is 54.8. The molecule has 3 fully saturated rings. The van der Waals surface area contributed by atoms with Crippen molar-refractivity contribution in [1.29, 1.82) is 0 Å². The topological polar surface area (TPSA) is 287 Å². The van der Waals surface area contributed by atoms with Crippen LogP contribution in [0.1, 0.15) is 119 Å². The van der Waals surface area contributed by atoms with Crippen LogP contribution in [-0.4, -0.2) is 146 Å². The van der Waals surface area contributed by atoms with Crippen molar-refractivity contribution in [2.75, 3.05) is 13.6 Å². The zero-order chi connectivity index (χ0) is 50.7. The molecule has 3 heterocycles. The maximum Gasteiger partial charge on any atom is 0.329 e. The molecule has 20 nitrogen and oxygen atoms in total. The van der Waals surface area contributed by atoms with Crippen molar-refractivity contribution in [3.63, 3.8) is 0 Å². The minimum Gasteiger partial charge on any atom is -0.508 e. The number of esters is 1. The van der Waals surface area contributed by atoms with Crippen LogP contribution in [0, 0.1) is 23.7 Å². The average Bonchev–Trinajstić information content (AvgIpc) is 3.61. The Morgan fingerprint density at radius 1 is 0.868 bits per heavy atom. The first-order chi connectivity index (χ1) is 32.0. The van der Waals surface area contributed by atoms with Crippen LogP contribution in [-0.2, 0) is 54.3 Å². The summed E-state index contributed by atoms with van der Waals surface area (Å²) in [7, 11) is 1.40. The number of carbonyl (C=O) groups excluding carboxylic acids is 9. The van der Waals surface area contributed by atoms with E-state index >= 15 is 0 Å². The summed E-state index contributed by atoms with van der Waals surface area (Å²) in [5.74, 6) is -8.90. The Morgan fingerprint density at radius 3 is 2.10 bits per heavy atom. The third-order valence-corrected chi connectivity index (χ3v) is 13.5. The summed E-state index contributed by atoms with van der Waals surface area (Å²) in [6.07, 6.45) is -2.15. The van der Waals surface area contributed by atoms with Crippen molar-refractivity contribution in [1.82, 2.24) is 36.0 Å². The third-order valence-electron chi connectivity index (χ3n) is 13.5. The summed E-state index contributed by atoms with van der Waals surface area (Å²) < 4.78 is 6.23. The van der Waals surface area contributed by atoms with E-state index in [1.165, 1.54) is 24.1 Å². The van der Waals surface area contributed by atoms with Crippen LogP contribution >= 0.6 is 0 Å². The number of nitrogens with zero attached hydrogens (tertiary/aromatic N) is 3. The summed E-state index contributed by atoms with van der Waals surface area (Å²) in [5.41, 5.74) is 5.99. The van der Waals surface area contributed by atoms with E-state index in [0.29, 0.717) is 24.8 Å². The fourth-order valence-electron chi connectivity index (χ4n) is 9.16. The number of benzene rings is 1. The largest absolute Gasteiger partial charge is 0.508 e. The van der Waals surface area contributed by atoms with Crippen LogP contribution in [0.4, 0.5) is 0 Å². The number of amides is 8. The van der Waals surface area contributed by atoms with Gasteiger partial charge in [-0.05, 0) is 67.6 Å². The number of likely N-dealkylation sites (N-methyl/N-ethyl adjacent to an activating group) is 1. The molecule has 0 spiro atoms. The van der Waals surface area contributed by atoms with Crippen LogP contribution in [0.3, 0.4) is 0 Å². The number of likely N-dealkylation sites (tertiary alicyclic amines) is 1. The minimum absolute atomic E-state index is 0.0123. The zero-order valence-electron chi connectivity index (χ0n) is 41.0. The van der Waals surface area contributed by atoms with Gasteiger partial charge in [0.1, 0.15) is 60.4 Å². The highest BCUT2D eigenvalue weighted by Gasteiger charge is 2.52. The molecule has 1 aromatic rings. The Labute approximate surface area is 399 Å². The molecule has 8 N–H and O–H groups in total. The number of ether oxygens (including phenoxy) is 1. The SMILES string of the molecule is CCCC(=O)N[C@@H](CCC(N)=O)C(=O)N1CC(C)C2OC(=O)[C@H]([C@@H](C)CC)NC(=O)C(Cc3ccc(O)cc3)N(C)C(=O)[C@@H]([C@@H](C)CC)N3C(=O)C(CCC3O)NC(=O)[C@H](CC(C)C)NC(=O)C21. The normalized spacial score (nSPS) is 27.9. The molecule has 0 saturated carbocycles. The second kappa shape index (κ2) is 24.5. The van der Waals surface area contributed by atoms with Gasteiger partial charge in [-0.1, -0.05) is 80.4 Å². The van der Waals surface area contributed by atoms with Gasteiger partial charge in [0.2, 0.25) is 47.3 Å². The molecule has 6 unspecified atom stereocenters. The van der Waals surface area contributed by atoms with Gasteiger partial charge >= 0.3 is 5.97 Å². The van der Waals surface area contributed by atoms with Crippen molar-refractivity contribution >= 4 is 53.2 Å². The van der Waals surface area contributed by atoms with E-state index in [4.69, 9.17) is 10.5 Å². The van der Waals surface area contributed by atoms with Crippen LogP contribution in [0.15, 0.2) is 24.3 Å². The first-order valence-electron chi connectivity index (χ1n) is 24.1. The predicted octanol–water partition coefficient (Wildman–Crippen LogP) is 0.987. The first-order valence-corrected chi connectivity index (χ1v) is 24.1. The number of fused-ring (bicyclic) bond motifs is 3. The number of nitrogens with one attached hydrogen (secondary N) is 4. The number of aliphatic hydroxyl groups is 1. The van der Waals surface area contributed by atoms with E-state index < -0.39 is 126 Å². The Morgan fingerprint density at radius 2 is 1.51 bits per heavy atom. The fourth-order valence-corrected chi connectivity index (χ4v) is 9.16. The van der Waals surface area contributed by atoms with Crippen molar-refractivity contribution in [3.05, 3.63) is 29.8 Å². The summed E-state index contributed by atoms with van der Waals surface area (Å²) in [4.78, 5) is 131. The van der Waals surface area contributed by atoms with Gasteiger partial charge in [0.05, 0.1) is 0 Å². The van der Waals surface area contributed by atoms with E-state index in [9.17, 15) is 53.4 Å². The summed E-state index contributed by atoms with van der Waals surface area (Å²) in [6, 6.07) is -3.46. The van der Waals surface area contributed by atoms with Gasteiger partial charge in [-0.25, -0.2) is 4.79 Å². The molecule has 8 amide bonds. The smallest absolute Gasteiger partial charge is 0.329 e.